The maximum absolute atomic E-state index is 8.88. The van der Waals surface area contributed by atoms with Gasteiger partial charge in [-0.25, -0.2) is 0 Å². The van der Waals surface area contributed by atoms with Crippen molar-refractivity contribution >= 4 is 12.9 Å². The van der Waals surface area contributed by atoms with Crippen molar-refractivity contribution in [3.05, 3.63) is 18.5 Å². The van der Waals surface area contributed by atoms with E-state index in [0.29, 0.717) is 12.4 Å². The molecule has 0 spiro atoms. The molecule has 14 heavy (non-hydrogen) atoms. The van der Waals surface area contributed by atoms with E-state index in [1.54, 1.807) is 25.6 Å². The molecule has 1 aromatic rings. The van der Waals surface area contributed by atoms with Gasteiger partial charge in [0, 0.05) is 13.3 Å². The molecular weight excluding hydrogens is 181 g/mol. The van der Waals surface area contributed by atoms with E-state index in [0.717, 1.165) is 5.46 Å². The predicted octanol–water partition coefficient (Wildman–Crippen LogP) is -0.536. The van der Waals surface area contributed by atoms with Gasteiger partial charge in [-0.2, -0.15) is 0 Å². The van der Waals surface area contributed by atoms with Gasteiger partial charge in [0.05, 0.1) is 12.8 Å². The maximum atomic E-state index is 8.88. The second kappa shape index (κ2) is 5.62. The van der Waals surface area contributed by atoms with Crippen molar-refractivity contribution in [2.45, 2.75) is 13.0 Å². The molecule has 1 unspecified atom stereocenters. The lowest BCUT2D eigenvalue weighted by molar-refractivity contribution is 0.0919. The fourth-order valence-electron chi connectivity index (χ4n) is 1.12. The number of hydrogen-bond acceptors (Lipinski definition) is 4. The fourth-order valence-corrected chi connectivity index (χ4v) is 1.12. The van der Waals surface area contributed by atoms with Gasteiger partial charge in [0.25, 0.3) is 0 Å². The molecule has 1 heterocycles. The van der Waals surface area contributed by atoms with E-state index in [1.165, 1.54) is 0 Å². The molecular formula is C9H14BNO3. The third-order valence-electron chi connectivity index (χ3n) is 1.69. The summed E-state index contributed by atoms with van der Waals surface area (Å²) in [5.41, 5.74) is 0.743. The summed E-state index contributed by atoms with van der Waals surface area (Å²) in [7, 11) is 1.60. The molecule has 0 bridgehead atoms. The first-order valence-corrected chi connectivity index (χ1v) is 4.46. The van der Waals surface area contributed by atoms with Crippen LogP contribution in [-0.2, 0) is 4.74 Å². The summed E-state index contributed by atoms with van der Waals surface area (Å²) in [5, 5.41) is 8.88. The third kappa shape index (κ3) is 3.36. The zero-order chi connectivity index (χ0) is 10.4. The molecule has 0 aromatic carbocycles. The van der Waals surface area contributed by atoms with Gasteiger partial charge in [0.1, 0.15) is 11.9 Å². The van der Waals surface area contributed by atoms with Crippen LogP contribution in [0.5, 0.6) is 5.75 Å². The van der Waals surface area contributed by atoms with Gasteiger partial charge in [-0.05, 0) is 18.5 Å². The lowest BCUT2D eigenvalue weighted by atomic mass is 9.91. The Labute approximate surface area is 84.2 Å². The van der Waals surface area contributed by atoms with Crippen LogP contribution in [0.3, 0.4) is 0 Å². The number of aromatic nitrogens is 1. The van der Waals surface area contributed by atoms with Crippen molar-refractivity contribution in [1.82, 2.24) is 4.98 Å². The Morgan fingerprint density at radius 2 is 2.36 bits per heavy atom. The van der Waals surface area contributed by atoms with Crippen LogP contribution >= 0.6 is 0 Å². The van der Waals surface area contributed by atoms with Crippen LogP contribution < -0.4 is 10.2 Å². The molecule has 5 heteroatoms. The Bertz CT molecular complexity index is 283. The van der Waals surface area contributed by atoms with E-state index in [4.69, 9.17) is 14.5 Å². The van der Waals surface area contributed by atoms with E-state index in [-0.39, 0.29) is 13.6 Å². The van der Waals surface area contributed by atoms with Gasteiger partial charge in [-0.3, -0.25) is 4.98 Å². The molecule has 0 saturated carbocycles. The van der Waals surface area contributed by atoms with Crippen LogP contribution in [0, 0.1) is 0 Å². The van der Waals surface area contributed by atoms with Crippen LogP contribution in [0.25, 0.3) is 0 Å². The van der Waals surface area contributed by atoms with E-state index < -0.39 is 0 Å². The first kappa shape index (κ1) is 11.0. The van der Waals surface area contributed by atoms with Crippen LogP contribution in [0.1, 0.15) is 6.92 Å². The minimum Gasteiger partial charge on any atom is -0.487 e. The van der Waals surface area contributed by atoms with Gasteiger partial charge in [0.2, 0.25) is 0 Å². The monoisotopic (exact) mass is 195 g/mol. The minimum absolute atomic E-state index is 0.0178. The molecule has 0 aliphatic heterocycles. The highest BCUT2D eigenvalue weighted by Crippen LogP contribution is 2.07. The molecule has 0 amide bonds. The van der Waals surface area contributed by atoms with Gasteiger partial charge in [-0.15, -0.1) is 0 Å². The molecule has 0 aliphatic carbocycles. The highest BCUT2D eigenvalue weighted by Gasteiger charge is 2.04. The summed E-state index contributed by atoms with van der Waals surface area (Å²) in [4.78, 5) is 3.94. The number of rotatable bonds is 5. The van der Waals surface area contributed by atoms with E-state index >= 15 is 0 Å². The summed E-state index contributed by atoms with van der Waals surface area (Å²) < 4.78 is 10.4. The minimum atomic E-state index is -0.0249. The average Bonchev–Trinajstić information content (AvgIpc) is 2.18. The molecule has 1 rings (SSSR count). The van der Waals surface area contributed by atoms with Gasteiger partial charge in [0.15, 0.2) is 0 Å². The Morgan fingerprint density at radius 3 is 3.00 bits per heavy atom. The first-order valence-electron chi connectivity index (χ1n) is 4.46. The number of hydrogen-bond donors (Lipinski definition) is 1. The van der Waals surface area contributed by atoms with Crippen LogP contribution in [0.4, 0.5) is 0 Å². The third-order valence-corrected chi connectivity index (χ3v) is 1.69. The highest BCUT2D eigenvalue weighted by molar-refractivity contribution is 6.45. The first-order chi connectivity index (χ1) is 6.76. The molecule has 0 aliphatic rings. The SMILES string of the molecule is COCC(C)Oc1cncc(BO)c1. The number of nitrogens with zero attached hydrogens (tertiary/aromatic N) is 1. The van der Waals surface area contributed by atoms with Crippen LogP contribution in [-0.4, -0.2) is 37.3 Å². The second-order valence-electron chi connectivity index (χ2n) is 3.07. The van der Waals surface area contributed by atoms with Gasteiger partial charge >= 0.3 is 7.48 Å². The lowest BCUT2D eigenvalue weighted by Crippen LogP contribution is -2.20. The summed E-state index contributed by atoms with van der Waals surface area (Å²) in [6.45, 7) is 2.44. The van der Waals surface area contributed by atoms with E-state index in [1.807, 2.05) is 6.92 Å². The normalized spacial score (nSPS) is 12.2. The van der Waals surface area contributed by atoms with E-state index in [9.17, 15) is 0 Å². The Kier molecular flexibility index (Phi) is 4.42. The molecule has 1 atom stereocenters. The van der Waals surface area contributed by atoms with E-state index in [2.05, 4.69) is 4.98 Å². The molecule has 4 nitrogen and oxygen atoms in total. The van der Waals surface area contributed by atoms with Crippen LogP contribution in [0.2, 0.25) is 0 Å². The number of methoxy groups -OCH3 is 1. The molecule has 0 radical (unpaired) electrons. The summed E-state index contributed by atoms with van der Waals surface area (Å²) in [6, 6.07) is 1.76. The molecule has 1 aromatic heterocycles. The predicted molar refractivity (Wildman–Crippen MR) is 55.2 cm³/mol. The largest absolute Gasteiger partial charge is 0.487 e. The number of ether oxygens (including phenoxy) is 2. The Hall–Kier alpha value is -1.07. The standard InChI is InChI=1S/C9H14BNO3/c1-7(6-13-2)14-9-3-8(10-12)4-11-5-9/h3-5,7,10,12H,6H2,1-2H3. The zero-order valence-corrected chi connectivity index (χ0v) is 8.43. The maximum Gasteiger partial charge on any atom is 0.306 e. The van der Waals surface area contributed by atoms with Crippen molar-refractivity contribution in [1.29, 1.82) is 0 Å². The lowest BCUT2D eigenvalue weighted by Gasteiger charge is -2.13. The molecule has 0 saturated heterocycles. The van der Waals surface area contributed by atoms with Crippen molar-refractivity contribution in [2.75, 3.05) is 13.7 Å². The second-order valence-corrected chi connectivity index (χ2v) is 3.07. The Balaban J connectivity index is 2.57. The number of pyridine rings is 1. The summed E-state index contributed by atoms with van der Waals surface area (Å²) >= 11 is 0. The van der Waals surface area contributed by atoms with Crippen molar-refractivity contribution < 1.29 is 14.5 Å². The van der Waals surface area contributed by atoms with Crippen molar-refractivity contribution in [2.24, 2.45) is 0 Å². The smallest absolute Gasteiger partial charge is 0.306 e. The molecule has 0 fully saturated rings. The average molecular weight is 195 g/mol. The van der Waals surface area contributed by atoms with Gasteiger partial charge < -0.3 is 14.5 Å². The van der Waals surface area contributed by atoms with Crippen LogP contribution in [0.15, 0.2) is 18.5 Å². The summed E-state index contributed by atoms with van der Waals surface area (Å²) in [6.07, 6.45) is 3.20. The zero-order valence-electron chi connectivity index (χ0n) is 8.43. The fraction of sp³-hybridized carbons (Fsp3) is 0.444. The Morgan fingerprint density at radius 1 is 1.57 bits per heavy atom. The molecule has 76 valence electrons. The topological polar surface area (TPSA) is 51.6 Å². The van der Waals surface area contributed by atoms with Gasteiger partial charge in [-0.1, -0.05) is 0 Å². The van der Waals surface area contributed by atoms with Crippen molar-refractivity contribution in [3.63, 3.8) is 0 Å². The van der Waals surface area contributed by atoms with Crippen molar-refractivity contribution in [3.8, 4) is 5.75 Å². The summed E-state index contributed by atoms with van der Waals surface area (Å²) in [5.74, 6) is 0.654. The highest BCUT2D eigenvalue weighted by atomic mass is 16.5. The molecule has 1 N–H and O–H groups in total. The quantitative estimate of drug-likeness (QED) is 0.641.